The number of phenolic OH excluding ortho intramolecular Hbond substituents is 1. The summed E-state index contributed by atoms with van der Waals surface area (Å²) < 4.78 is 19.8. The third-order valence-corrected chi connectivity index (χ3v) is 9.93. The van der Waals surface area contributed by atoms with Crippen LogP contribution in [0.3, 0.4) is 0 Å². The number of aromatic hydroxyl groups is 1. The second kappa shape index (κ2) is 18.0. The molecule has 264 valence electrons. The first-order valence-electron chi connectivity index (χ1n) is 19.1. The highest BCUT2D eigenvalue weighted by Crippen LogP contribution is 2.50. The Bertz CT molecular complexity index is 1450. The first-order chi connectivity index (χ1) is 23.0. The molecule has 1 aliphatic rings. The first kappa shape index (κ1) is 37.7. The van der Waals surface area contributed by atoms with Crippen molar-refractivity contribution >= 4 is 0 Å². The van der Waals surface area contributed by atoms with E-state index in [0.717, 1.165) is 78.4 Å². The number of ether oxygens (including phenoxy) is 3. The van der Waals surface area contributed by atoms with Crippen molar-refractivity contribution < 1.29 is 19.3 Å². The first-order valence-corrected chi connectivity index (χ1v) is 19.1. The Balaban J connectivity index is 1.54. The van der Waals surface area contributed by atoms with Crippen LogP contribution >= 0.6 is 0 Å². The van der Waals surface area contributed by atoms with Crippen molar-refractivity contribution in [2.75, 3.05) is 13.2 Å². The van der Waals surface area contributed by atoms with Gasteiger partial charge in [0.05, 0.1) is 5.56 Å². The number of rotatable bonds is 20. The summed E-state index contributed by atoms with van der Waals surface area (Å²) in [6, 6.07) is 15.2. The van der Waals surface area contributed by atoms with Gasteiger partial charge in [0.1, 0.15) is 41.8 Å². The number of unbranched alkanes of at least 4 members (excludes halogenated alkanes) is 4. The fraction of sp³-hybridized carbons (Fsp3) is 0.591. The number of phenols is 1. The third-order valence-electron chi connectivity index (χ3n) is 9.93. The molecule has 1 N–H and O–H groups in total. The molecule has 0 unspecified atom stereocenters. The van der Waals surface area contributed by atoms with Crippen LogP contribution in [0.25, 0.3) is 11.1 Å². The smallest absolute Gasteiger partial charge is 0.132 e. The minimum absolute atomic E-state index is 0.370. The van der Waals surface area contributed by atoms with Crippen LogP contribution in [-0.4, -0.2) is 18.3 Å². The molecule has 4 rings (SSSR count). The van der Waals surface area contributed by atoms with Crippen LogP contribution < -0.4 is 14.2 Å². The average molecular weight is 657 g/mol. The van der Waals surface area contributed by atoms with E-state index in [2.05, 4.69) is 91.8 Å². The Kier molecular flexibility index (Phi) is 14.1. The Morgan fingerprint density at radius 3 is 2.04 bits per heavy atom. The highest BCUT2D eigenvalue weighted by Gasteiger charge is 2.34. The van der Waals surface area contributed by atoms with Crippen LogP contribution in [0.4, 0.5) is 0 Å². The molecule has 0 saturated heterocycles. The summed E-state index contributed by atoms with van der Waals surface area (Å²) in [7, 11) is 0. The Hall–Kier alpha value is -3.14. The van der Waals surface area contributed by atoms with Gasteiger partial charge < -0.3 is 19.3 Å². The van der Waals surface area contributed by atoms with Crippen molar-refractivity contribution in [3.05, 3.63) is 70.3 Å². The molecule has 1 heterocycles. The van der Waals surface area contributed by atoms with Crippen molar-refractivity contribution in [3.8, 4) is 34.1 Å². The van der Waals surface area contributed by atoms with Gasteiger partial charge in [0, 0.05) is 11.1 Å². The van der Waals surface area contributed by atoms with Gasteiger partial charge in [0.25, 0.3) is 0 Å². The van der Waals surface area contributed by atoms with Crippen molar-refractivity contribution in [2.24, 2.45) is 11.8 Å². The molecule has 0 fully saturated rings. The fourth-order valence-electron chi connectivity index (χ4n) is 7.05. The van der Waals surface area contributed by atoms with Crippen LogP contribution in [-0.2, 0) is 24.9 Å². The highest BCUT2D eigenvalue weighted by atomic mass is 16.5. The van der Waals surface area contributed by atoms with E-state index >= 15 is 0 Å². The van der Waals surface area contributed by atoms with Gasteiger partial charge in [-0.1, -0.05) is 103 Å². The molecular formula is C44H64O4. The van der Waals surface area contributed by atoms with Crippen LogP contribution in [0.5, 0.6) is 23.0 Å². The van der Waals surface area contributed by atoms with E-state index in [1.807, 2.05) is 6.07 Å². The maximum absolute atomic E-state index is 11.2. The molecular weight excluding hydrogens is 592 g/mol. The lowest BCUT2D eigenvalue weighted by Crippen LogP contribution is -2.29. The van der Waals surface area contributed by atoms with Gasteiger partial charge in [0.2, 0.25) is 0 Å². The van der Waals surface area contributed by atoms with E-state index in [0.29, 0.717) is 24.9 Å². The van der Waals surface area contributed by atoms with Gasteiger partial charge in [-0.25, -0.2) is 0 Å². The summed E-state index contributed by atoms with van der Waals surface area (Å²) in [5, 5.41) is 11.2. The molecule has 4 heteroatoms. The minimum atomic E-state index is -0.426. The molecule has 0 amide bonds. The lowest BCUT2D eigenvalue weighted by Gasteiger charge is -2.36. The molecule has 0 aliphatic carbocycles. The van der Waals surface area contributed by atoms with E-state index in [1.54, 1.807) is 0 Å². The Morgan fingerprint density at radius 2 is 1.38 bits per heavy atom. The summed E-state index contributed by atoms with van der Waals surface area (Å²) in [4.78, 5) is 0. The molecule has 3 aromatic rings. The number of hydrogen-bond acceptors (Lipinski definition) is 4. The van der Waals surface area contributed by atoms with E-state index in [1.165, 1.54) is 67.2 Å². The zero-order valence-electron chi connectivity index (χ0n) is 31.5. The lowest BCUT2D eigenvalue weighted by atomic mass is 9.84. The topological polar surface area (TPSA) is 47.9 Å². The van der Waals surface area contributed by atoms with Crippen molar-refractivity contribution in [1.29, 1.82) is 0 Å². The molecule has 0 bridgehead atoms. The predicted molar refractivity (Wildman–Crippen MR) is 202 cm³/mol. The van der Waals surface area contributed by atoms with E-state index in [9.17, 15) is 5.11 Å². The largest absolute Gasteiger partial charge is 0.508 e. The van der Waals surface area contributed by atoms with Crippen LogP contribution in [0.2, 0.25) is 0 Å². The fourth-order valence-corrected chi connectivity index (χ4v) is 7.05. The minimum Gasteiger partial charge on any atom is -0.508 e. The third kappa shape index (κ3) is 10.4. The van der Waals surface area contributed by atoms with Gasteiger partial charge >= 0.3 is 0 Å². The van der Waals surface area contributed by atoms with Crippen molar-refractivity contribution in [2.45, 2.75) is 144 Å². The van der Waals surface area contributed by atoms with E-state index in [4.69, 9.17) is 14.2 Å². The van der Waals surface area contributed by atoms with Gasteiger partial charge in [-0.3, -0.25) is 0 Å². The molecule has 0 spiro atoms. The number of hydrogen-bond donors (Lipinski definition) is 1. The molecule has 0 radical (unpaired) electrons. The van der Waals surface area contributed by atoms with Gasteiger partial charge in [0.15, 0.2) is 0 Å². The molecule has 0 saturated carbocycles. The maximum atomic E-state index is 11.2. The normalized spacial score (nSPS) is 13.9. The molecule has 1 aliphatic heterocycles. The molecule has 4 nitrogen and oxygen atoms in total. The van der Waals surface area contributed by atoms with Crippen molar-refractivity contribution in [3.63, 3.8) is 0 Å². The summed E-state index contributed by atoms with van der Waals surface area (Å²) in [5.74, 6) is 4.29. The van der Waals surface area contributed by atoms with Gasteiger partial charge in [-0.2, -0.15) is 0 Å². The van der Waals surface area contributed by atoms with Crippen LogP contribution in [0.1, 0.15) is 140 Å². The van der Waals surface area contributed by atoms with Crippen LogP contribution in [0.15, 0.2) is 42.5 Å². The monoisotopic (exact) mass is 656 g/mol. The molecule has 48 heavy (non-hydrogen) atoms. The SMILES string of the molecule is CCCCCc1cc(O)c(CC[C@@H](C)CCCC(C)C)c(OCCOc2cc(CCCCC)cc3c2-c2cc(C)ccc2C(C)(C)O3)c1. The average Bonchev–Trinajstić information content (AvgIpc) is 3.02. The standard InChI is InChI=1S/C44H64O4/c1-9-11-13-18-34-27-39(45)36(22-20-32(5)17-15-16-31(3)4)40(28-34)46-24-25-47-41-29-35(19-14-12-10-2)30-42-43(41)37-26-33(6)21-23-38(37)44(7,8)48-42/h21,23,26-32,45H,9-20,22,24-25H2,1-8H3/t32-/m0/s1. The number of aryl methyl sites for hydroxylation is 3. The quantitative estimate of drug-likeness (QED) is 0.123. The zero-order chi connectivity index (χ0) is 34.7. The van der Waals surface area contributed by atoms with Crippen molar-refractivity contribution in [1.82, 2.24) is 0 Å². The van der Waals surface area contributed by atoms with E-state index < -0.39 is 5.60 Å². The second-order valence-corrected chi connectivity index (χ2v) is 15.3. The van der Waals surface area contributed by atoms with Gasteiger partial charge in [-0.15, -0.1) is 0 Å². The Labute approximate surface area is 292 Å². The predicted octanol–water partition coefficient (Wildman–Crippen LogP) is 12.3. The van der Waals surface area contributed by atoms with Gasteiger partial charge in [-0.05, 0) is 112 Å². The number of benzene rings is 3. The zero-order valence-corrected chi connectivity index (χ0v) is 31.5. The second-order valence-electron chi connectivity index (χ2n) is 15.3. The number of fused-ring (bicyclic) bond motifs is 3. The lowest BCUT2D eigenvalue weighted by molar-refractivity contribution is 0.105. The highest BCUT2D eigenvalue weighted by molar-refractivity contribution is 5.82. The summed E-state index contributed by atoms with van der Waals surface area (Å²) in [5.41, 5.74) is 7.52. The molecule has 3 aromatic carbocycles. The van der Waals surface area contributed by atoms with E-state index in [-0.39, 0.29) is 0 Å². The maximum Gasteiger partial charge on any atom is 0.132 e. The summed E-state index contributed by atoms with van der Waals surface area (Å²) in [6.45, 7) is 18.7. The van der Waals surface area contributed by atoms with Crippen LogP contribution in [0, 0.1) is 18.8 Å². The molecule has 1 atom stereocenters. The summed E-state index contributed by atoms with van der Waals surface area (Å²) >= 11 is 0. The molecule has 0 aromatic heterocycles. The Morgan fingerprint density at radius 1 is 0.729 bits per heavy atom. The summed E-state index contributed by atoms with van der Waals surface area (Å²) in [6.07, 6.45) is 14.6.